The predicted molar refractivity (Wildman–Crippen MR) is 79.5 cm³/mol. The number of methoxy groups -OCH3 is 1. The van der Waals surface area contributed by atoms with E-state index in [2.05, 4.69) is 13.8 Å². The molecule has 0 aromatic heterocycles. The molecule has 4 heteroatoms. The highest BCUT2D eigenvalue weighted by molar-refractivity contribution is 5.53. The van der Waals surface area contributed by atoms with E-state index in [1.165, 1.54) is 5.56 Å². The second-order valence-corrected chi connectivity index (χ2v) is 4.91. The maximum absolute atomic E-state index is 10.1. The maximum atomic E-state index is 10.1. The molecule has 20 heavy (non-hydrogen) atoms. The summed E-state index contributed by atoms with van der Waals surface area (Å²) in [5.41, 5.74) is 3.35. The van der Waals surface area contributed by atoms with Crippen LogP contribution in [0.25, 0.3) is 0 Å². The summed E-state index contributed by atoms with van der Waals surface area (Å²) in [6, 6.07) is 1.75. The summed E-state index contributed by atoms with van der Waals surface area (Å²) in [6.07, 6.45) is 3.09. The molecule has 0 radical (unpaired) electrons. The third-order valence-electron chi connectivity index (χ3n) is 3.40. The first kappa shape index (κ1) is 16.8. The number of aromatic hydroxyl groups is 1. The quantitative estimate of drug-likeness (QED) is 0.557. The summed E-state index contributed by atoms with van der Waals surface area (Å²) in [4.78, 5) is 0. The van der Waals surface area contributed by atoms with Gasteiger partial charge in [0.15, 0.2) is 18.3 Å². The van der Waals surface area contributed by atoms with E-state index < -0.39 is 0 Å². The number of hydrogen-bond donors (Lipinski definition) is 1. The number of phenolic OH excluding ortho intramolecular Hbond substituents is 1. The van der Waals surface area contributed by atoms with Gasteiger partial charge in [-0.3, -0.25) is 0 Å². The van der Waals surface area contributed by atoms with Crippen LogP contribution in [0.4, 0.5) is 0 Å². The molecule has 0 bridgehead atoms. The van der Waals surface area contributed by atoms with Gasteiger partial charge in [0.1, 0.15) is 0 Å². The third kappa shape index (κ3) is 4.69. The second-order valence-electron chi connectivity index (χ2n) is 4.91. The molecule has 0 heterocycles. The molecular formula is C16H26O4. The van der Waals surface area contributed by atoms with Crippen molar-refractivity contribution in [2.24, 2.45) is 0 Å². The molecule has 0 aliphatic heterocycles. The zero-order chi connectivity index (χ0) is 15.0. The Bertz CT molecular complexity index is 415. The molecule has 0 saturated heterocycles. The molecule has 0 unspecified atom stereocenters. The van der Waals surface area contributed by atoms with E-state index in [1.807, 2.05) is 6.92 Å². The Morgan fingerprint density at radius 3 is 2.60 bits per heavy atom. The topological polar surface area (TPSA) is 47.9 Å². The largest absolute Gasteiger partial charge is 0.504 e. The first-order valence-corrected chi connectivity index (χ1v) is 7.13. The number of ether oxygens (including phenoxy) is 3. The van der Waals surface area contributed by atoms with E-state index in [9.17, 15) is 5.11 Å². The summed E-state index contributed by atoms with van der Waals surface area (Å²) in [7, 11) is 1.63. The summed E-state index contributed by atoms with van der Waals surface area (Å²) in [5, 5.41) is 10.1. The van der Waals surface area contributed by atoms with Gasteiger partial charge in [0.05, 0.1) is 13.2 Å². The molecule has 0 amide bonds. The number of phenols is 1. The molecule has 4 nitrogen and oxygen atoms in total. The third-order valence-corrected chi connectivity index (χ3v) is 3.40. The maximum Gasteiger partial charge on any atom is 0.189 e. The van der Waals surface area contributed by atoms with Gasteiger partial charge in [-0.15, -0.1) is 0 Å². The van der Waals surface area contributed by atoms with E-state index >= 15 is 0 Å². The van der Waals surface area contributed by atoms with Crippen molar-refractivity contribution in [1.29, 1.82) is 0 Å². The molecular weight excluding hydrogens is 256 g/mol. The lowest BCUT2D eigenvalue weighted by atomic mass is 9.97. The van der Waals surface area contributed by atoms with Gasteiger partial charge in [-0.2, -0.15) is 0 Å². The minimum atomic E-state index is 0.124. The van der Waals surface area contributed by atoms with Crippen LogP contribution < -0.4 is 4.74 Å². The van der Waals surface area contributed by atoms with Gasteiger partial charge in [-0.25, -0.2) is 0 Å². The monoisotopic (exact) mass is 282 g/mol. The summed E-state index contributed by atoms with van der Waals surface area (Å²) in [6.45, 7) is 7.36. The SMILES string of the molecule is CCCCc1c(C)c(C)cc(O)c1OCOCCOC. The van der Waals surface area contributed by atoms with Gasteiger partial charge < -0.3 is 19.3 Å². The van der Waals surface area contributed by atoms with Gasteiger partial charge in [0.2, 0.25) is 0 Å². The summed E-state index contributed by atoms with van der Waals surface area (Å²) in [5.74, 6) is 0.744. The molecule has 114 valence electrons. The van der Waals surface area contributed by atoms with Crippen molar-refractivity contribution in [3.8, 4) is 11.5 Å². The molecule has 1 aromatic rings. The van der Waals surface area contributed by atoms with Gasteiger partial charge in [-0.05, 0) is 43.9 Å². The molecule has 0 atom stereocenters. The van der Waals surface area contributed by atoms with Crippen molar-refractivity contribution in [2.75, 3.05) is 27.1 Å². The van der Waals surface area contributed by atoms with Crippen LogP contribution in [0.3, 0.4) is 0 Å². The standard InChI is InChI=1S/C16H26O4/c1-5-6-7-14-13(3)12(2)10-15(17)16(14)20-11-19-9-8-18-4/h10,17H,5-9,11H2,1-4H3. The lowest BCUT2D eigenvalue weighted by Gasteiger charge is -2.17. The Kier molecular flexibility index (Phi) is 7.41. The van der Waals surface area contributed by atoms with Crippen molar-refractivity contribution < 1.29 is 19.3 Å². The first-order chi connectivity index (χ1) is 9.61. The zero-order valence-corrected chi connectivity index (χ0v) is 13.0. The van der Waals surface area contributed by atoms with Crippen molar-refractivity contribution in [1.82, 2.24) is 0 Å². The van der Waals surface area contributed by atoms with Crippen LogP contribution in [0.1, 0.15) is 36.5 Å². The molecule has 0 saturated carbocycles. The molecule has 0 aliphatic rings. The minimum Gasteiger partial charge on any atom is -0.504 e. The number of benzene rings is 1. The van der Waals surface area contributed by atoms with E-state index in [4.69, 9.17) is 14.2 Å². The number of aryl methyl sites for hydroxylation is 1. The van der Waals surface area contributed by atoms with E-state index in [1.54, 1.807) is 13.2 Å². The summed E-state index contributed by atoms with van der Waals surface area (Å²) < 4.78 is 15.8. The van der Waals surface area contributed by atoms with E-state index in [-0.39, 0.29) is 12.5 Å². The molecule has 0 fully saturated rings. The molecule has 1 rings (SSSR count). The molecule has 1 N–H and O–H groups in total. The summed E-state index contributed by atoms with van der Waals surface area (Å²) >= 11 is 0. The normalized spacial score (nSPS) is 10.8. The number of rotatable bonds is 9. The smallest absolute Gasteiger partial charge is 0.189 e. The number of hydrogen-bond acceptors (Lipinski definition) is 4. The van der Waals surface area contributed by atoms with Crippen LogP contribution >= 0.6 is 0 Å². The lowest BCUT2D eigenvalue weighted by molar-refractivity contribution is -0.00990. The molecule has 0 aliphatic carbocycles. The average molecular weight is 282 g/mol. The predicted octanol–water partition coefficient (Wildman–Crippen LogP) is 3.35. The van der Waals surface area contributed by atoms with Crippen molar-refractivity contribution >= 4 is 0 Å². The second kappa shape index (κ2) is 8.82. The fraction of sp³-hybridized carbons (Fsp3) is 0.625. The van der Waals surface area contributed by atoms with Crippen LogP contribution in [-0.2, 0) is 15.9 Å². The number of unbranched alkanes of at least 4 members (excludes halogenated alkanes) is 1. The van der Waals surface area contributed by atoms with Crippen LogP contribution in [-0.4, -0.2) is 32.2 Å². The van der Waals surface area contributed by atoms with Crippen LogP contribution in [0, 0.1) is 13.8 Å². The van der Waals surface area contributed by atoms with Crippen LogP contribution in [0.2, 0.25) is 0 Å². The highest BCUT2D eigenvalue weighted by Gasteiger charge is 2.14. The fourth-order valence-electron chi connectivity index (χ4n) is 2.06. The van der Waals surface area contributed by atoms with Crippen molar-refractivity contribution in [2.45, 2.75) is 40.0 Å². The Labute approximate surface area is 121 Å². The Morgan fingerprint density at radius 1 is 1.20 bits per heavy atom. The zero-order valence-electron chi connectivity index (χ0n) is 13.0. The van der Waals surface area contributed by atoms with Gasteiger partial charge in [-0.1, -0.05) is 13.3 Å². The van der Waals surface area contributed by atoms with Crippen molar-refractivity contribution in [3.63, 3.8) is 0 Å². The highest BCUT2D eigenvalue weighted by Crippen LogP contribution is 2.35. The molecule has 1 aromatic carbocycles. The van der Waals surface area contributed by atoms with Gasteiger partial charge >= 0.3 is 0 Å². The first-order valence-electron chi connectivity index (χ1n) is 7.13. The average Bonchev–Trinajstić information content (AvgIpc) is 2.43. The Hall–Kier alpha value is -1.26. The minimum absolute atomic E-state index is 0.124. The Balaban J connectivity index is 2.78. The van der Waals surface area contributed by atoms with Gasteiger partial charge in [0, 0.05) is 12.7 Å². The van der Waals surface area contributed by atoms with Gasteiger partial charge in [0.25, 0.3) is 0 Å². The fourth-order valence-corrected chi connectivity index (χ4v) is 2.06. The van der Waals surface area contributed by atoms with Crippen LogP contribution in [0.15, 0.2) is 6.07 Å². The highest BCUT2D eigenvalue weighted by atomic mass is 16.7. The lowest BCUT2D eigenvalue weighted by Crippen LogP contribution is -2.09. The molecule has 0 spiro atoms. The Morgan fingerprint density at radius 2 is 1.95 bits per heavy atom. The van der Waals surface area contributed by atoms with Crippen molar-refractivity contribution in [3.05, 3.63) is 22.8 Å². The van der Waals surface area contributed by atoms with E-state index in [0.717, 1.165) is 30.4 Å². The van der Waals surface area contributed by atoms with Crippen LogP contribution in [0.5, 0.6) is 11.5 Å². The van der Waals surface area contributed by atoms with E-state index in [0.29, 0.717) is 19.0 Å².